The summed E-state index contributed by atoms with van der Waals surface area (Å²) in [6, 6.07) is 8.97. The van der Waals surface area contributed by atoms with Gasteiger partial charge in [0.05, 0.1) is 37.6 Å². The highest BCUT2D eigenvalue weighted by atomic mass is 16.8. The summed E-state index contributed by atoms with van der Waals surface area (Å²) in [5.74, 6) is -2.93. The van der Waals surface area contributed by atoms with Crippen molar-refractivity contribution in [3.63, 3.8) is 0 Å². The quantitative estimate of drug-likeness (QED) is 0.0900. The van der Waals surface area contributed by atoms with Gasteiger partial charge in [0, 0.05) is 18.9 Å². The van der Waals surface area contributed by atoms with Gasteiger partial charge in [-0.05, 0) is 24.6 Å². The molecule has 4 aliphatic heterocycles. The van der Waals surface area contributed by atoms with Crippen LogP contribution in [-0.4, -0.2) is 141 Å². The Labute approximate surface area is 275 Å². The number of fused-ring (bicyclic) bond motifs is 3. The third-order valence-corrected chi connectivity index (χ3v) is 9.41. The molecule has 16 atom stereocenters. The normalized spacial score (nSPS) is 44.8. The maximum atomic E-state index is 13.0. The first-order chi connectivity index (χ1) is 23.0. The number of epoxide rings is 1. The van der Waals surface area contributed by atoms with E-state index in [0.29, 0.717) is 0 Å². The number of carbonyl (C=O) groups is 2. The number of benzene rings is 1. The van der Waals surface area contributed by atoms with Crippen molar-refractivity contribution in [1.29, 1.82) is 0 Å². The molecule has 0 spiro atoms. The van der Waals surface area contributed by atoms with Crippen LogP contribution < -0.4 is 0 Å². The molecule has 0 bridgehead atoms. The second-order valence-corrected chi connectivity index (χ2v) is 12.4. The zero-order valence-electron chi connectivity index (χ0n) is 26.0. The molecule has 1 aliphatic carbocycles. The fourth-order valence-electron chi connectivity index (χ4n) is 6.91. The minimum absolute atomic E-state index is 0.496. The van der Waals surface area contributed by atoms with Gasteiger partial charge in [-0.3, -0.25) is 4.79 Å². The highest BCUT2D eigenvalue weighted by Crippen LogP contribution is 2.61. The third kappa shape index (κ3) is 6.50. The van der Waals surface area contributed by atoms with Crippen molar-refractivity contribution in [2.24, 2.45) is 11.8 Å². The Balaban J connectivity index is 1.23. The van der Waals surface area contributed by atoms with Crippen molar-refractivity contribution in [2.75, 3.05) is 13.2 Å². The van der Waals surface area contributed by atoms with Crippen LogP contribution in [0, 0.1) is 11.8 Å². The number of esters is 2. The highest BCUT2D eigenvalue weighted by molar-refractivity contribution is 5.87. The van der Waals surface area contributed by atoms with Crippen molar-refractivity contribution in [1.82, 2.24) is 0 Å². The molecule has 16 nitrogen and oxygen atoms in total. The Kier molecular flexibility index (Phi) is 10.2. The van der Waals surface area contributed by atoms with Gasteiger partial charge in [-0.1, -0.05) is 30.3 Å². The van der Waals surface area contributed by atoms with E-state index < -0.39 is 122 Å². The molecule has 3 saturated heterocycles. The summed E-state index contributed by atoms with van der Waals surface area (Å²) in [5, 5.41) is 62.0. The topological polar surface area (TPSA) is 233 Å². The lowest BCUT2D eigenvalue weighted by Gasteiger charge is -2.44. The van der Waals surface area contributed by atoms with Crippen molar-refractivity contribution >= 4 is 18.0 Å². The SMILES string of the molecule is CC(=O)O[C@@H]1[C@@H](O)[C@H](C)O[C@@H](O[C@H]2[C@H]3C=CO[C@@H](O[C@@H]4O[C@H](CO)[C@@H](O)[C@H](O)[C@H]4O)[C@H]3[C@@]3(CO)O[C@@H]23)[C@@H]1OC(=O)/C=C/c1ccccc1. The Morgan fingerprint density at radius 3 is 2.31 bits per heavy atom. The standard InChI is InChI=1S/C32H40O16/c1-14-21(37)26(43-15(2)35)27(45-19(36)9-8-16-6-4-3-5-7-16)31(42-14)46-25-17-10-11-41-29(20(17)32(13-34)28(25)48-32)47-30-24(40)23(39)22(38)18(12-33)44-30/h3-11,14,17-18,20-31,33-34,37-40H,12-13H2,1-2H3/b9-8+/t14-,17-,18+,20-,21-,22+,23-,24+,25-,26+,27+,28-,29-,30-,31-,32+/m0/s1. The Morgan fingerprint density at radius 1 is 0.875 bits per heavy atom. The predicted octanol–water partition coefficient (Wildman–Crippen LogP) is -1.90. The van der Waals surface area contributed by atoms with Gasteiger partial charge in [0.25, 0.3) is 0 Å². The van der Waals surface area contributed by atoms with Gasteiger partial charge in [-0.2, -0.15) is 0 Å². The average Bonchev–Trinajstić information content (AvgIpc) is 3.75. The molecule has 6 rings (SSSR count). The summed E-state index contributed by atoms with van der Waals surface area (Å²) in [7, 11) is 0. The summed E-state index contributed by atoms with van der Waals surface area (Å²) in [6.45, 7) is 1.52. The van der Waals surface area contributed by atoms with Crippen molar-refractivity contribution in [3.05, 3.63) is 54.3 Å². The van der Waals surface area contributed by atoms with Gasteiger partial charge in [-0.15, -0.1) is 0 Å². The highest BCUT2D eigenvalue weighted by Gasteiger charge is 2.77. The van der Waals surface area contributed by atoms with Crippen LogP contribution in [0.4, 0.5) is 0 Å². The first kappa shape index (κ1) is 34.8. The molecule has 1 aromatic rings. The molecule has 264 valence electrons. The fraction of sp³-hybridized carbons (Fsp3) is 0.625. The molecule has 48 heavy (non-hydrogen) atoms. The third-order valence-electron chi connectivity index (χ3n) is 9.41. The zero-order valence-corrected chi connectivity index (χ0v) is 26.0. The summed E-state index contributed by atoms with van der Waals surface area (Å²) in [5.41, 5.74) is -0.527. The first-order valence-electron chi connectivity index (χ1n) is 15.7. The molecule has 1 aromatic carbocycles. The van der Waals surface area contributed by atoms with E-state index in [2.05, 4.69) is 0 Å². The molecule has 1 saturated carbocycles. The van der Waals surface area contributed by atoms with Crippen LogP contribution in [0.2, 0.25) is 0 Å². The van der Waals surface area contributed by atoms with E-state index in [0.717, 1.165) is 12.5 Å². The smallest absolute Gasteiger partial charge is 0.331 e. The molecule has 16 heteroatoms. The van der Waals surface area contributed by atoms with Crippen LogP contribution >= 0.6 is 0 Å². The number of rotatable bonds is 10. The van der Waals surface area contributed by atoms with Crippen LogP contribution in [0.15, 0.2) is 48.7 Å². The van der Waals surface area contributed by atoms with E-state index in [-0.39, 0.29) is 0 Å². The Bertz CT molecular complexity index is 1350. The van der Waals surface area contributed by atoms with Gasteiger partial charge in [0.1, 0.15) is 42.2 Å². The van der Waals surface area contributed by atoms with Crippen LogP contribution in [0.5, 0.6) is 0 Å². The number of aliphatic hydroxyl groups excluding tert-OH is 6. The molecule has 0 radical (unpaired) electrons. The number of hydrogen-bond acceptors (Lipinski definition) is 16. The second-order valence-electron chi connectivity index (χ2n) is 12.4. The number of hydrogen-bond donors (Lipinski definition) is 6. The van der Waals surface area contributed by atoms with E-state index >= 15 is 0 Å². The molecule has 0 aromatic heterocycles. The van der Waals surface area contributed by atoms with Crippen LogP contribution in [0.1, 0.15) is 19.4 Å². The van der Waals surface area contributed by atoms with Gasteiger partial charge >= 0.3 is 11.9 Å². The van der Waals surface area contributed by atoms with E-state index in [1.165, 1.54) is 25.3 Å². The second kappa shape index (κ2) is 14.1. The largest absolute Gasteiger partial charge is 0.472 e. The summed E-state index contributed by atoms with van der Waals surface area (Å²) in [6.07, 6.45) is -11.4. The molecule has 4 heterocycles. The minimum Gasteiger partial charge on any atom is -0.472 e. The Hall–Kier alpha value is -3.00. The van der Waals surface area contributed by atoms with Gasteiger partial charge in [-0.25, -0.2) is 4.79 Å². The summed E-state index contributed by atoms with van der Waals surface area (Å²) < 4.78 is 46.6. The molecular formula is C32H40O16. The van der Waals surface area contributed by atoms with Crippen molar-refractivity contribution < 1.29 is 78.1 Å². The lowest BCUT2D eigenvalue weighted by atomic mass is 9.85. The fourth-order valence-corrected chi connectivity index (χ4v) is 6.91. The predicted molar refractivity (Wildman–Crippen MR) is 157 cm³/mol. The molecular weight excluding hydrogens is 640 g/mol. The van der Waals surface area contributed by atoms with Crippen LogP contribution in [0.3, 0.4) is 0 Å². The molecule has 4 fully saturated rings. The summed E-state index contributed by atoms with van der Waals surface area (Å²) >= 11 is 0. The maximum Gasteiger partial charge on any atom is 0.331 e. The average molecular weight is 681 g/mol. The lowest BCUT2D eigenvalue weighted by Crippen LogP contribution is -2.61. The maximum absolute atomic E-state index is 13.0. The molecule has 0 unspecified atom stereocenters. The van der Waals surface area contributed by atoms with Crippen molar-refractivity contribution in [3.8, 4) is 0 Å². The van der Waals surface area contributed by atoms with Crippen LogP contribution in [0.25, 0.3) is 6.08 Å². The zero-order chi connectivity index (χ0) is 34.3. The lowest BCUT2D eigenvalue weighted by molar-refractivity contribution is -0.347. The van der Waals surface area contributed by atoms with E-state index in [1.54, 1.807) is 30.3 Å². The monoisotopic (exact) mass is 680 g/mol. The van der Waals surface area contributed by atoms with Gasteiger partial charge in [0.2, 0.25) is 6.29 Å². The van der Waals surface area contributed by atoms with Crippen LogP contribution in [-0.2, 0) is 47.5 Å². The summed E-state index contributed by atoms with van der Waals surface area (Å²) in [4.78, 5) is 25.1. The minimum atomic E-state index is -1.71. The van der Waals surface area contributed by atoms with Crippen molar-refractivity contribution in [2.45, 2.75) is 99.4 Å². The number of ether oxygens (including phenoxy) is 8. The van der Waals surface area contributed by atoms with E-state index in [4.69, 9.17) is 37.9 Å². The Morgan fingerprint density at radius 2 is 1.62 bits per heavy atom. The molecule has 5 aliphatic rings. The molecule has 0 amide bonds. The molecule has 6 N–H and O–H groups in total. The van der Waals surface area contributed by atoms with E-state index in [1.807, 2.05) is 6.07 Å². The first-order valence-corrected chi connectivity index (χ1v) is 15.7. The van der Waals surface area contributed by atoms with E-state index in [9.17, 15) is 40.2 Å². The van der Waals surface area contributed by atoms with Gasteiger partial charge < -0.3 is 68.5 Å². The number of aliphatic hydroxyl groups is 6. The number of carbonyl (C=O) groups excluding carboxylic acids is 2. The van der Waals surface area contributed by atoms with Gasteiger partial charge in [0.15, 0.2) is 24.8 Å².